The number of rotatable bonds is 1. The van der Waals surface area contributed by atoms with Gasteiger partial charge in [-0.3, -0.25) is 0 Å². The smallest absolute Gasteiger partial charge is 0.00403 e. The molecule has 0 fully saturated rings. The Bertz CT molecular complexity index is 239. The number of nitrogens with two attached hydrogens (primary N) is 1. The number of hydrogen-bond acceptors (Lipinski definition) is 1. The van der Waals surface area contributed by atoms with Crippen LogP contribution in [0, 0.1) is 5.92 Å². The van der Waals surface area contributed by atoms with Crippen LogP contribution in [-0.4, -0.2) is 11.5 Å². The molecule has 1 aliphatic carbocycles. The first-order valence-corrected chi connectivity index (χ1v) is 4.24. The van der Waals surface area contributed by atoms with Crippen molar-refractivity contribution in [3.63, 3.8) is 0 Å². The maximum atomic E-state index is 5.62. The zero-order valence-corrected chi connectivity index (χ0v) is 6.64. The van der Waals surface area contributed by atoms with Gasteiger partial charge >= 0.3 is 0 Å². The molecule has 0 spiro atoms. The van der Waals surface area contributed by atoms with Gasteiger partial charge in [-0.25, -0.2) is 0 Å². The van der Waals surface area contributed by atoms with Crippen LogP contribution < -0.4 is 5.73 Å². The van der Waals surface area contributed by atoms with Gasteiger partial charge in [0.05, 0.1) is 0 Å². The molecule has 0 saturated carbocycles. The summed E-state index contributed by atoms with van der Waals surface area (Å²) in [4.78, 5) is 3.14. The largest absolute Gasteiger partial charge is 0.367 e. The molecule has 0 amide bonds. The van der Waals surface area contributed by atoms with Gasteiger partial charge in [0, 0.05) is 12.4 Å². The van der Waals surface area contributed by atoms with Crippen LogP contribution in [0.25, 0.3) is 0 Å². The first-order chi connectivity index (χ1) is 5.40. The summed E-state index contributed by atoms with van der Waals surface area (Å²) in [5.74, 6) is 0.721. The first kappa shape index (κ1) is 6.92. The van der Waals surface area contributed by atoms with Crippen LogP contribution in [0.15, 0.2) is 12.4 Å². The van der Waals surface area contributed by atoms with Gasteiger partial charge in [0.25, 0.3) is 0 Å². The molecule has 0 bridgehead atoms. The quantitative estimate of drug-likeness (QED) is 0.618. The van der Waals surface area contributed by atoms with Crippen LogP contribution in [0.5, 0.6) is 0 Å². The number of H-pyrrole nitrogens is 1. The van der Waals surface area contributed by atoms with Gasteiger partial charge in [0.1, 0.15) is 0 Å². The highest BCUT2D eigenvalue weighted by atomic mass is 14.6. The second-order valence-electron chi connectivity index (χ2n) is 3.35. The zero-order chi connectivity index (χ0) is 7.68. The van der Waals surface area contributed by atoms with Gasteiger partial charge < -0.3 is 10.7 Å². The number of fused-ring (bicyclic) bond motifs is 1. The normalized spacial score (nSPS) is 23.2. The summed E-state index contributed by atoms with van der Waals surface area (Å²) in [6, 6.07) is 0. The van der Waals surface area contributed by atoms with Gasteiger partial charge in [-0.05, 0) is 42.9 Å². The van der Waals surface area contributed by atoms with Gasteiger partial charge in [0.15, 0.2) is 0 Å². The number of aromatic amines is 1. The summed E-state index contributed by atoms with van der Waals surface area (Å²) in [7, 11) is 0. The number of hydrogen-bond donors (Lipinski definition) is 2. The molecular weight excluding hydrogens is 136 g/mol. The lowest BCUT2D eigenvalue weighted by molar-refractivity contribution is 0.471. The number of aryl methyl sites for hydroxylation is 1. The van der Waals surface area contributed by atoms with Crippen molar-refractivity contribution in [2.24, 2.45) is 11.7 Å². The third-order valence-corrected chi connectivity index (χ3v) is 2.59. The lowest BCUT2D eigenvalue weighted by Crippen LogP contribution is -2.21. The highest BCUT2D eigenvalue weighted by Crippen LogP contribution is 2.24. The molecule has 2 heteroatoms. The highest BCUT2D eigenvalue weighted by Gasteiger charge is 2.17. The van der Waals surface area contributed by atoms with Crippen LogP contribution in [0.3, 0.4) is 0 Å². The van der Waals surface area contributed by atoms with Gasteiger partial charge in [-0.1, -0.05) is 0 Å². The molecular formula is C9H14N2. The Hall–Kier alpha value is -0.760. The Labute approximate surface area is 66.8 Å². The van der Waals surface area contributed by atoms with Crippen LogP contribution in [0.2, 0.25) is 0 Å². The van der Waals surface area contributed by atoms with E-state index >= 15 is 0 Å². The maximum Gasteiger partial charge on any atom is 0.00403 e. The molecule has 0 saturated heterocycles. The molecule has 0 aliphatic heterocycles. The van der Waals surface area contributed by atoms with E-state index in [1.165, 1.54) is 30.4 Å². The molecule has 0 aromatic carbocycles. The topological polar surface area (TPSA) is 41.8 Å². The van der Waals surface area contributed by atoms with E-state index < -0.39 is 0 Å². The molecule has 1 aromatic rings. The van der Waals surface area contributed by atoms with Crippen LogP contribution >= 0.6 is 0 Å². The Morgan fingerprint density at radius 3 is 3.09 bits per heavy atom. The molecule has 3 N–H and O–H groups in total. The Kier molecular flexibility index (Phi) is 1.70. The highest BCUT2D eigenvalue weighted by molar-refractivity contribution is 5.26. The predicted molar refractivity (Wildman–Crippen MR) is 45.4 cm³/mol. The van der Waals surface area contributed by atoms with E-state index in [0.29, 0.717) is 0 Å². The summed E-state index contributed by atoms with van der Waals surface area (Å²) >= 11 is 0. The fourth-order valence-corrected chi connectivity index (χ4v) is 1.82. The summed E-state index contributed by atoms with van der Waals surface area (Å²) in [5.41, 5.74) is 8.59. The van der Waals surface area contributed by atoms with Crippen LogP contribution in [0.4, 0.5) is 0 Å². The first-order valence-electron chi connectivity index (χ1n) is 4.24. The molecule has 11 heavy (non-hydrogen) atoms. The van der Waals surface area contributed by atoms with E-state index in [1.807, 2.05) is 0 Å². The van der Waals surface area contributed by atoms with Crippen LogP contribution in [-0.2, 0) is 12.8 Å². The molecule has 1 heterocycles. The molecule has 0 unspecified atom stereocenters. The minimum Gasteiger partial charge on any atom is -0.367 e. The maximum absolute atomic E-state index is 5.62. The van der Waals surface area contributed by atoms with Crippen molar-refractivity contribution >= 4 is 0 Å². The molecule has 0 radical (unpaired) electrons. The molecule has 2 nitrogen and oxygen atoms in total. The standard InChI is InChI=1S/C9H14N2/c10-4-7-1-2-8-5-11-6-9(8)3-7/h5-7,11H,1-4,10H2/t7-/m0/s1. The van der Waals surface area contributed by atoms with Crippen molar-refractivity contribution in [1.82, 2.24) is 4.98 Å². The molecule has 1 atom stereocenters. The second kappa shape index (κ2) is 2.70. The lowest BCUT2D eigenvalue weighted by Gasteiger charge is -2.19. The summed E-state index contributed by atoms with van der Waals surface area (Å²) in [6.07, 6.45) is 7.87. The van der Waals surface area contributed by atoms with E-state index in [1.54, 1.807) is 0 Å². The molecule has 60 valence electrons. The van der Waals surface area contributed by atoms with E-state index in [-0.39, 0.29) is 0 Å². The van der Waals surface area contributed by atoms with Gasteiger partial charge in [0.2, 0.25) is 0 Å². The Morgan fingerprint density at radius 1 is 1.45 bits per heavy atom. The van der Waals surface area contributed by atoms with Crippen molar-refractivity contribution in [1.29, 1.82) is 0 Å². The van der Waals surface area contributed by atoms with Gasteiger partial charge in [-0.2, -0.15) is 0 Å². The van der Waals surface area contributed by atoms with Crippen molar-refractivity contribution in [3.8, 4) is 0 Å². The average molecular weight is 150 g/mol. The number of nitrogens with one attached hydrogen (secondary N) is 1. The zero-order valence-electron chi connectivity index (χ0n) is 6.64. The number of aromatic nitrogens is 1. The van der Waals surface area contributed by atoms with Crippen molar-refractivity contribution in [2.75, 3.05) is 6.54 Å². The van der Waals surface area contributed by atoms with Crippen molar-refractivity contribution < 1.29 is 0 Å². The minimum absolute atomic E-state index is 0.721. The lowest BCUT2D eigenvalue weighted by atomic mass is 9.86. The van der Waals surface area contributed by atoms with E-state index in [2.05, 4.69) is 17.4 Å². The minimum atomic E-state index is 0.721. The van der Waals surface area contributed by atoms with Crippen LogP contribution in [0.1, 0.15) is 17.5 Å². The van der Waals surface area contributed by atoms with E-state index in [9.17, 15) is 0 Å². The molecule has 1 aliphatic rings. The van der Waals surface area contributed by atoms with E-state index in [4.69, 9.17) is 5.73 Å². The summed E-state index contributed by atoms with van der Waals surface area (Å²) in [5, 5.41) is 0. The third-order valence-electron chi connectivity index (χ3n) is 2.59. The van der Waals surface area contributed by atoms with E-state index in [0.717, 1.165) is 12.5 Å². The third kappa shape index (κ3) is 1.18. The SMILES string of the molecule is NC[C@H]1CCc2c[nH]cc2C1. The summed E-state index contributed by atoms with van der Waals surface area (Å²) in [6.45, 7) is 0.838. The van der Waals surface area contributed by atoms with Crippen molar-refractivity contribution in [2.45, 2.75) is 19.3 Å². The fraction of sp³-hybridized carbons (Fsp3) is 0.556. The fourth-order valence-electron chi connectivity index (χ4n) is 1.82. The second-order valence-corrected chi connectivity index (χ2v) is 3.35. The monoisotopic (exact) mass is 150 g/mol. The van der Waals surface area contributed by atoms with Crippen molar-refractivity contribution in [3.05, 3.63) is 23.5 Å². The average Bonchev–Trinajstić information content (AvgIpc) is 2.50. The molecule has 1 aromatic heterocycles. The Balaban J connectivity index is 2.18. The Morgan fingerprint density at radius 2 is 2.27 bits per heavy atom. The van der Waals surface area contributed by atoms with Gasteiger partial charge in [-0.15, -0.1) is 0 Å². The summed E-state index contributed by atoms with van der Waals surface area (Å²) < 4.78 is 0. The predicted octanol–water partition coefficient (Wildman–Crippen LogP) is 1.08. The molecule has 2 rings (SSSR count).